The van der Waals surface area contributed by atoms with Gasteiger partial charge in [-0.2, -0.15) is 0 Å². The highest BCUT2D eigenvalue weighted by atomic mass is 16.5. The number of esters is 1. The first kappa shape index (κ1) is 16.7. The largest absolute Gasteiger partial charge is 0.422 e. The van der Waals surface area contributed by atoms with Gasteiger partial charge < -0.3 is 9.94 Å². The summed E-state index contributed by atoms with van der Waals surface area (Å²) >= 11 is 0. The lowest BCUT2D eigenvalue weighted by atomic mass is 10.0. The molecule has 0 radical (unpaired) electrons. The SMILES string of the molecule is Cc1cc(/C=N/O)cc(C)c1OC(=O)c1ccc(C(C)C)cc1. The molecule has 2 aromatic rings. The van der Waals surface area contributed by atoms with Gasteiger partial charge >= 0.3 is 5.97 Å². The molecule has 2 rings (SSSR count). The van der Waals surface area contributed by atoms with Crippen LogP contribution >= 0.6 is 0 Å². The van der Waals surface area contributed by atoms with Crippen LogP contribution < -0.4 is 4.74 Å². The van der Waals surface area contributed by atoms with Crippen LogP contribution in [0.4, 0.5) is 0 Å². The third-order valence-electron chi connectivity index (χ3n) is 3.70. The summed E-state index contributed by atoms with van der Waals surface area (Å²) in [6, 6.07) is 11.1. The minimum absolute atomic E-state index is 0.380. The third kappa shape index (κ3) is 3.97. The topological polar surface area (TPSA) is 58.9 Å². The normalized spacial score (nSPS) is 11.2. The number of hydrogen-bond donors (Lipinski definition) is 1. The number of hydrogen-bond acceptors (Lipinski definition) is 4. The average Bonchev–Trinajstić information content (AvgIpc) is 2.51. The van der Waals surface area contributed by atoms with Gasteiger partial charge in [0.2, 0.25) is 0 Å². The van der Waals surface area contributed by atoms with Gasteiger partial charge in [0.1, 0.15) is 5.75 Å². The van der Waals surface area contributed by atoms with Crippen molar-refractivity contribution < 1.29 is 14.7 Å². The molecule has 120 valence electrons. The molecular formula is C19H21NO3. The van der Waals surface area contributed by atoms with Gasteiger partial charge in [-0.15, -0.1) is 0 Å². The van der Waals surface area contributed by atoms with E-state index in [2.05, 4.69) is 19.0 Å². The van der Waals surface area contributed by atoms with Crippen LogP contribution in [0.5, 0.6) is 5.75 Å². The summed E-state index contributed by atoms with van der Waals surface area (Å²) in [5.41, 5.74) is 4.08. The van der Waals surface area contributed by atoms with Crippen molar-refractivity contribution >= 4 is 12.2 Å². The molecule has 0 bridgehead atoms. The molecule has 2 aromatic carbocycles. The minimum atomic E-state index is -0.380. The van der Waals surface area contributed by atoms with Crippen molar-refractivity contribution in [2.45, 2.75) is 33.6 Å². The second kappa shape index (κ2) is 7.09. The van der Waals surface area contributed by atoms with E-state index in [1.807, 2.05) is 26.0 Å². The first-order valence-corrected chi connectivity index (χ1v) is 7.53. The number of rotatable bonds is 4. The maximum Gasteiger partial charge on any atom is 0.343 e. The Morgan fingerprint density at radius 1 is 1.13 bits per heavy atom. The Kier molecular flexibility index (Phi) is 5.16. The number of aryl methyl sites for hydroxylation is 2. The third-order valence-corrected chi connectivity index (χ3v) is 3.70. The molecule has 23 heavy (non-hydrogen) atoms. The van der Waals surface area contributed by atoms with E-state index in [1.54, 1.807) is 24.3 Å². The molecule has 0 fully saturated rings. The molecule has 0 aliphatic rings. The summed E-state index contributed by atoms with van der Waals surface area (Å²) in [6.07, 6.45) is 1.34. The van der Waals surface area contributed by atoms with E-state index < -0.39 is 0 Å². The lowest BCUT2D eigenvalue weighted by Gasteiger charge is -2.12. The minimum Gasteiger partial charge on any atom is -0.422 e. The summed E-state index contributed by atoms with van der Waals surface area (Å²) in [6.45, 7) is 7.92. The van der Waals surface area contributed by atoms with Crippen LogP contribution in [0, 0.1) is 13.8 Å². The summed E-state index contributed by atoms with van der Waals surface area (Å²) in [7, 11) is 0. The van der Waals surface area contributed by atoms with Crippen molar-refractivity contribution in [1.29, 1.82) is 0 Å². The van der Waals surface area contributed by atoms with Crippen LogP contribution in [-0.4, -0.2) is 17.4 Å². The van der Waals surface area contributed by atoms with Gasteiger partial charge in [-0.05, 0) is 66.3 Å². The fraction of sp³-hybridized carbons (Fsp3) is 0.263. The summed E-state index contributed by atoms with van der Waals surface area (Å²) < 4.78 is 5.55. The number of oxime groups is 1. The lowest BCUT2D eigenvalue weighted by molar-refractivity contribution is 0.0732. The highest BCUT2D eigenvalue weighted by molar-refractivity contribution is 5.91. The van der Waals surface area contributed by atoms with Crippen LogP contribution in [0.2, 0.25) is 0 Å². The van der Waals surface area contributed by atoms with Crippen LogP contribution in [0.1, 0.15) is 52.4 Å². The van der Waals surface area contributed by atoms with E-state index >= 15 is 0 Å². The van der Waals surface area contributed by atoms with Crippen LogP contribution in [0.25, 0.3) is 0 Å². The number of benzene rings is 2. The number of ether oxygens (including phenoxy) is 1. The summed E-state index contributed by atoms with van der Waals surface area (Å²) in [5.74, 6) is 0.582. The molecular weight excluding hydrogens is 290 g/mol. The quantitative estimate of drug-likeness (QED) is 0.298. The predicted octanol–water partition coefficient (Wildman–Crippen LogP) is 4.45. The predicted molar refractivity (Wildman–Crippen MR) is 90.8 cm³/mol. The monoisotopic (exact) mass is 311 g/mol. The van der Waals surface area contributed by atoms with Gasteiger partial charge in [0.25, 0.3) is 0 Å². The van der Waals surface area contributed by atoms with E-state index in [0.717, 1.165) is 16.7 Å². The average molecular weight is 311 g/mol. The molecule has 0 aliphatic carbocycles. The Morgan fingerprint density at radius 2 is 1.70 bits per heavy atom. The Morgan fingerprint density at radius 3 is 2.17 bits per heavy atom. The maximum atomic E-state index is 12.3. The van der Waals surface area contributed by atoms with Crippen LogP contribution in [0.15, 0.2) is 41.6 Å². The molecule has 0 spiro atoms. The second-order valence-electron chi connectivity index (χ2n) is 5.89. The standard InChI is InChI=1S/C19H21NO3/c1-12(2)16-5-7-17(8-6-16)19(21)23-18-13(3)9-15(11-20-22)10-14(18)4/h5-12,22H,1-4H3/b20-11+. The fourth-order valence-electron chi connectivity index (χ4n) is 2.44. The summed E-state index contributed by atoms with van der Waals surface area (Å²) in [5, 5.41) is 11.6. The zero-order valence-corrected chi connectivity index (χ0v) is 13.8. The lowest BCUT2D eigenvalue weighted by Crippen LogP contribution is -2.10. The smallest absolute Gasteiger partial charge is 0.343 e. The maximum absolute atomic E-state index is 12.3. The van der Waals surface area contributed by atoms with E-state index in [0.29, 0.717) is 17.2 Å². The molecule has 0 unspecified atom stereocenters. The van der Waals surface area contributed by atoms with Crippen molar-refractivity contribution in [3.63, 3.8) is 0 Å². The molecule has 0 atom stereocenters. The molecule has 0 saturated heterocycles. The first-order valence-electron chi connectivity index (χ1n) is 7.53. The van der Waals surface area contributed by atoms with E-state index in [1.165, 1.54) is 11.8 Å². The fourth-order valence-corrected chi connectivity index (χ4v) is 2.44. The van der Waals surface area contributed by atoms with Gasteiger partial charge in [-0.25, -0.2) is 4.79 Å². The molecule has 0 amide bonds. The van der Waals surface area contributed by atoms with E-state index in [9.17, 15) is 4.79 Å². The zero-order chi connectivity index (χ0) is 17.0. The highest BCUT2D eigenvalue weighted by Gasteiger charge is 2.13. The first-order chi connectivity index (χ1) is 10.9. The van der Waals surface area contributed by atoms with Crippen molar-refractivity contribution in [2.75, 3.05) is 0 Å². The van der Waals surface area contributed by atoms with Gasteiger partial charge in [-0.1, -0.05) is 31.1 Å². The number of nitrogens with zero attached hydrogens (tertiary/aromatic N) is 1. The van der Waals surface area contributed by atoms with Crippen molar-refractivity contribution in [3.05, 3.63) is 64.2 Å². The molecule has 0 saturated carbocycles. The van der Waals surface area contributed by atoms with Crippen molar-refractivity contribution in [3.8, 4) is 5.75 Å². The summed E-state index contributed by atoms with van der Waals surface area (Å²) in [4.78, 5) is 12.3. The van der Waals surface area contributed by atoms with Gasteiger partial charge in [-0.3, -0.25) is 0 Å². The number of carbonyl (C=O) groups is 1. The molecule has 0 aromatic heterocycles. The highest BCUT2D eigenvalue weighted by Crippen LogP contribution is 2.25. The van der Waals surface area contributed by atoms with E-state index in [4.69, 9.17) is 9.94 Å². The number of carbonyl (C=O) groups excluding carboxylic acids is 1. The Labute approximate surface area is 136 Å². The Balaban J connectivity index is 2.23. The molecule has 4 heteroatoms. The Hall–Kier alpha value is -2.62. The second-order valence-corrected chi connectivity index (χ2v) is 5.89. The van der Waals surface area contributed by atoms with Crippen molar-refractivity contribution in [1.82, 2.24) is 0 Å². The van der Waals surface area contributed by atoms with Gasteiger partial charge in [0.15, 0.2) is 0 Å². The van der Waals surface area contributed by atoms with Gasteiger partial charge in [0.05, 0.1) is 11.8 Å². The van der Waals surface area contributed by atoms with Crippen LogP contribution in [-0.2, 0) is 0 Å². The van der Waals surface area contributed by atoms with Crippen LogP contribution in [0.3, 0.4) is 0 Å². The van der Waals surface area contributed by atoms with E-state index in [-0.39, 0.29) is 5.97 Å². The molecule has 4 nitrogen and oxygen atoms in total. The molecule has 0 heterocycles. The van der Waals surface area contributed by atoms with Gasteiger partial charge in [0, 0.05) is 0 Å². The zero-order valence-electron chi connectivity index (χ0n) is 13.8. The molecule has 1 N–H and O–H groups in total. The molecule has 0 aliphatic heterocycles. The van der Waals surface area contributed by atoms with Crippen molar-refractivity contribution in [2.24, 2.45) is 5.16 Å². The Bertz CT molecular complexity index is 708.